The summed E-state index contributed by atoms with van der Waals surface area (Å²) in [5.41, 5.74) is -0.444. The molecule has 0 aliphatic carbocycles. The molecule has 1 saturated heterocycles. The molecule has 42 heavy (non-hydrogen) atoms. The number of carbonyl (C=O) groups excluding carboxylic acids is 3. The second kappa shape index (κ2) is 15.0. The molecule has 1 aliphatic rings. The van der Waals surface area contributed by atoms with Crippen molar-refractivity contribution in [3.8, 4) is 0 Å². The van der Waals surface area contributed by atoms with Gasteiger partial charge in [-0.3, -0.25) is 28.7 Å². The number of nitrogens with one attached hydrogen (secondary N) is 2. The van der Waals surface area contributed by atoms with E-state index in [1.807, 2.05) is 56.1 Å². The molecular weight excluding hydrogens is 546 g/mol. The smallest absolute Gasteiger partial charge is 0.330 e. The Bertz CT molecular complexity index is 1320. The van der Waals surface area contributed by atoms with Gasteiger partial charge in [0.1, 0.15) is 24.1 Å². The number of nitrogens with zero attached hydrogens (tertiary/aromatic N) is 1. The molecule has 3 rings (SSSR count). The number of Topliss-reactive ketones (excluding diaryl/α,β-unsaturated/α-hetero) is 1. The Morgan fingerprint density at radius 3 is 2.45 bits per heavy atom. The highest BCUT2D eigenvalue weighted by Crippen LogP contribution is 2.29. The summed E-state index contributed by atoms with van der Waals surface area (Å²) in [7, 11) is 0. The Balaban J connectivity index is 1.38. The highest BCUT2D eigenvalue weighted by molar-refractivity contribution is 5.81. The van der Waals surface area contributed by atoms with Crippen molar-refractivity contribution in [2.45, 2.75) is 89.8 Å². The van der Waals surface area contributed by atoms with Crippen LogP contribution in [0.1, 0.15) is 77.0 Å². The number of aliphatic hydroxyl groups excluding tert-OH is 2. The number of H-pyrrole nitrogens is 1. The van der Waals surface area contributed by atoms with Gasteiger partial charge in [0, 0.05) is 38.1 Å². The van der Waals surface area contributed by atoms with Crippen molar-refractivity contribution in [2.75, 3.05) is 13.2 Å². The van der Waals surface area contributed by atoms with Gasteiger partial charge in [0.2, 0.25) is 5.91 Å². The molecule has 1 aromatic carbocycles. The Morgan fingerprint density at radius 1 is 1.07 bits per heavy atom. The minimum Gasteiger partial charge on any atom is -0.466 e. The van der Waals surface area contributed by atoms with Crippen LogP contribution in [0.2, 0.25) is 0 Å². The van der Waals surface area contributed by atoms with Crippen molar-refractivity contribution in [3.63, 3.8) is 0 Å². The van der Waals surface area contributed by atoms with Crippen LogP contribution < -0.4 is 16.6 Å². The van der Waals surface area contributed by atoms with E-state index in [-0.39, 0.29) is 43.1 Å². The molecule has 0 radical (unpaired) electrons. The van der Waals surface area contributed by atoms with E-state index in [0.29, 0.717) is 25.7 Å². The molecule has 1 amide bonds. The predicted octanol–water partition coefficient (Wildman–Crippen LogP) is 1.55. The van der Waals surface area contributed by atoms with E-state index in [4.69, 9.17) is 9.47 Å². The van der Waals surface area contributed by atoms with E-state index in [1.165, 1.54) is 0 Å². The van der Waals surface area contributed by atoms with Gasteiger partial charge in [-0.15, -0.1) is 0 Å². The van der Waals surface area contributed by atoms with Gasteiger partial charge in [-0.25, -0.2) is 4.79 Å². The molecule has 0 saturated carbocycles. The zero-order chi connectivity index (χ0) is 30.9. The van der Waals surface area contributed by atoms with E-state index in [0.717, 1.165) is 22.4 Å². The number of ether oxygens (including phenoxy) is 2. The van der Waals surface area contributed by atoms with Crippen molar-refractivity contribution in [2.24, 2.45) is 5.41 Å². The third-order valence-electron chi connectivity index (χ3n) is 6.95. The molecular formula is C30H41N3O9. The number of aromatic amines is 1. The zero-order valence-electron chi connectivity index (χ0n) is 24.3. The van der Waals surface area contributed by atoms with Crippen LogP contribution in [0.5, 0.6) is 0 Å². The molecule has 4 N–H and O–H groups in total. The van der Waals surface area contributed by atoms with Gasteiger partial charge in [0.15, 0.2) is 6.23 Å². The average molecular weight is 588 g/mol. The van der Waals surface area contributed by atoms with Crippen molar-refractivity contribution in [1.82, 2.24) is 14.9 Å². The fourth-order valence-electron chi connectivity index (χ4n) is 4.91. The van der Waals surface area contributed by atoms with Crippen LogP contribution in [-0.2, 0) is 23.9 Å². The van der Waals surface area contributed by atoms with Crippen molar-refractivity contribution < 1.29 is 34.1 Å². The van der Waals surface area contributed by atoms with E-state index in [9.17, 15) is 34.2 Å². The van der Waals surface area contributed by atoms with E-state index < -0.39 is 47.7 Å². The number of esters is 1. The number of amides is 1. The SMILES string of the molecule is CC(C)(C)CC(=O)CC(CCCOC(=O)CCC(=O)NCC1OC(n2ccc(=O)[nH]c2=O)C(O)C1O)c1ccccc1. The number of rotatable bonds is 14. The topological polar surface area (TPSA) is 177 Å². The van der Waals surface area contributed by atoms with Gasteiger partial charge in [-0.1, -0.05) is 51.1 Å². The number of ketones is 1. The molecule has 0 spiro atoms. The fourth-order valence-corrected chi connectivity index (χ4v) is 4.91. The average Bonchev–Trinajstić information content (AvgIpc) is 3.20. The maximum absolute atomic E-state index is 12.6. The highest BCUT2D eigenvalue weighted by Gasteiger charge is 2.44. The van der Waals surface area contributed by atoms with Gasteiger partial charge in [0.05, 0.1) is 13.0 Å². The summed E-state index contributed by atoms with van der Waals surface area (Å²) >= 11 is 0. The van der Waals surface area contributed by atoms with E-state index >= 15 is 0 Å². The van der Waals surface area contributed by atoms with Gasteiger partial charge in [0.25, 0.3) is 5.56 Å². The molecule has 1 aromatic heterocycles. The summed E-state index contributed by atoms with van der Waals surface area (Å²) < 4.78 is 11.8. The standard InChI is InChI=1S/C30H41N3O9/c1-30(2,3)17-21(34)16-20(19-8-5-4-6-9-19)10-7-15-41-25(37)12-11-23(35)31-18-22-26(38)27(39)28(42-22)33-14-13-24(36)32-29(33)40/h4-6,8-9,13-14,20,22,26-28,38-39H,7,10-12,15-18H2,1-3H3,(H,31,35)(H,32,36,40). The summed E-state index contributed by atoms with van der Waals surface area (Å²) in [5.74, 6) is -0.788. The number of carbonyl (C=O) groups is 3. The summed E-state index contributed by atoms with van der Waals surface area (Å²) in [4.78, 5) is 62.4. The summed E-state index contributed by atoms with van der Waals surface area (Å²) in [6.07, 6.45) is -2.13. The third kappa shape index (κ3) is 10.0. The Hall–Kier alpha value is -3.61. The van der Waals surface area contributed by atoms with Crippen LogP contribution in [0.15, 0.2) is 52.2 Å². The van der Waals surface area contributed by atoms with Crippen LogP contribution in [0.4, 0.5) is 0 Å². The second-order valence-corrected chi connectivity index (χ2v) is 11.8. The Kier molecular flexibility index (Phi) is 11.8. The van der Waals surface area contributed by atoms with Gasteiger partial charge >= 0.3 is 11.7 Å². The molecule has 0 bridgehead atoms. The van der Waals surface area contributed by atoms with Gasteiger partial charge < -0.3 is 25.0 Å². The Morgan fingerprint density at radius 2 is 1.79 bits per heavy atom. The molecule has 5 atom stereocenters. The zero-order valence-corrected chi connectivity index (χ0v) is 24.3. The number of aromatic nitrogens is 2. The fraction of sp³-hybridized carbons (Fsp3) is 0.567. The summed E-state index contributed by atoms with van der Waals surface area (Å²) in [6, 6.07) is 10.9. The van der Waals surface area contributed by atoms with Crippen LogP contribution >= 0.6 is 0 Å². The number of benzene rings is 1. The lowest BCUT2D eigenvalue weighted by atomic mass is 9.84. The number of hydrogen-bond acceptors (Lipinski definition) is 9. The van der Waals surface area contributed by atoms with Crippen LogP contribution in [0.3, 0.4) is 0 Å². The third-order valence-corrected chi connectivity index (χ3v) is 6.95. The molecule has 12 nitrogen and oxygen atoms in total. The number of hydrogen-bond donors (Lipinski definition) is 4. The van der Waals surface area contributed by atoms with Crippen LogP contribution in [-0.4, -0.2) is 68.9 Å². The van der Waals surface area contributed by atoms with Gasteiger partial charge in [-0.05, 0) is 29.7 Å². The minimum atomic E-state index is -1.47. The summed E-state index contributed by atoms with van der Waals surface area (Å²) in [5, 5.41) is 23.1. The molecule has 230 valence electrons. The quantitative estimate of drug-likeness (QED) is 0.189. The first-order valence-electron chi connectivity index (χ1n) is 14.2. The molecule has 1 fully saturated rings. The highest BCUT2D eigenvalue weighted by atomic mass is 16.6. The van der Waals surface area contributed by atoms with Crippen molar-refractivity contribution in [3.05, 3.63) is 69.0 Å². The first-order valence-corrected chi connectivity index (χ1v) is 14.2. The van der Waals surface area contributed by atoms with Crippen molar-refractivity contribution >= 4 is 17.7 Å². The molecule has 2 aromatic rings. The number of aliphatic hydroxyl groups is 2. The predicted molar refractivity (Wildman–Crippen MR) is 153 cm³/mol. The van der Waals surface area contributed by atoms with Crippen LogP contribution in [0, 0.1) is 5.41 Å². The lowest BCUT2D eigenvalue weighted by Crippen LogP contribution is -2.40. The van der Waals surface area contributed by atoms with Crippen LogP contribution in [0.25, 0.3) is 0 Å². The minimum absolute atomic E-state index is 0.0274. The largest absolute Gasteiger partial charge is 0.466 e. The summed E-state index contributed by atoms with van der Waals surface area (Å²) in [6.45, 7) is 6.11. The first-order chi connectivity index (χ1) is 19.8. The second-order valence-electron chi connectivity index (χ2n) is 11.8. The molecule has 12 heteroatoms. The normalized spacial score (nSPS) is 21.1. The first kappa shape index (κ1) is 32.9. The monoisotopic (exact) mass is 587 g/mol. The van der Waals surface area contributed by atoms with E-state index in [2.05, 4.69) is 5.32 Å². The Labute approximate surface area is 244 Å². The maximum atomic E-state index is 12.6. The lowest BCUT2D eigenvalue weighted by molar-refractivity contribution is -0.145. The maximum Gasteiger partial charge on any atom is 0.330 e. The van der Waals surface area contributed by atoms with Gasteiger partial charge in [-0.2, -0.15) is 0 Å². The van der Waals surface area contributed by atoms with Crippen molar-refractivity contribution in [1.29, 1.82) is 0 Å². The van der Waals surface area contributed by atoms with E-state index in [1.54, 1.807) is 0 Å². The molecule has 1 aliphatic heterocycles. The lowest BCUT2D eigenvalue weighted by Gasteiger charge is -2.21. The molecule has 2 heterocycles. The molecule has 5 unspecified atom stereocenters.